The number of benzene rings is 1. The summed E-state index contributed by atoms with van der Waals surface area (Å²) in [5, 5.41) is 3.40. The second-order valence-corrected chi connectivity index (χ2v) is 6.18. The van der Waals surface area contributed by atoms with E-state index >= 15 is 0 Å². The van der Waals surface area contributed by atoms with Crippen molar-refractivity contribution in [3.8, 4) is 0 Å². The summed E-state index contributed by atoms with van der Waals surface area (Å²) in [6, 6.07) is 14.3. The number of pyridine rings is 1. The summed E-state index contributed by atoms with van der Waals surface area (Å²) in [4.78, 5) is 8.64. The van der Waals surface area contributed by atoms with Crippen LogP contribution in [-0.2, 0) is 6.42 Å². The Balaban J connectivity index is 1.66. The molecule has 2 aromatic rings. The van der Waals surface area contributed by atoms with Crippen LogP contribution in [0, 0.1) is 0 Å². The first-order valence-corrected chi connectivity index (χ1v) is 8.05. The minimum atomic E-state index is 0.388. The summed E-state index contributed by atoms with van der Waals surface area (Å²) in [5.41, 5.74) is 8.76. The number of hydrogen-bond acceptors (Lipinski definition) is 3. The largest absolute Gasteiger partial charge is 0.370 e. The van der Waals surface area contributed by atoms with E-state index in [4.69, 9.17) is 5.73 Å². The number of rotatable bonds is 3. The van der Waals surface area contributed by atoms with Gasteiger partial charge >= 0.3 is 0 Å². The van der Waals surface area contributed by atoms with Crippen LogP contribution in [0.5, 0.6) is 0 Å². The minimum Gasteiger partial charge on any atom is -0.370 e. The van der Waals surface area contributed by atoms with E-state index in [-0.39, 0.29) is 0 Å². The fourth-order valence-electron chi connectivity index (χ4n) is 2.42. The second-order valence-electron chi connectivity index (χ2n) is 4.87. The highest BCUT2D eigenvalue weighted by Gasteiger charge is 2.19. The lowest BCUT2D eigenvalue weighted by Crippen LogP contribution is -2.24. The van der Waals surface area contributed by atoms with Crippen LogP contribution in [0.25, 0.3) is 0 Å². The maximum atomic E-state index is 5.93. The van der Waals surface area contributed by atoms with Crippen LogP contribution in [0.4, 0.5) is 5.82 Å². The zero-order valence-electron chi connectivity index (χ0n) is 11.7. The van der Waals surface area contributed by atoms with Crippen molar-refractivity contribution in [3.63, 3.8) is 0 Å². The van der Waals surface area contributed by atoms with Gasteiger partial charge in [0.1, 0.15) is 5.82 Å². The molecule has 0 bridgehead atoms. The van der Waals surface area contributed by atoms with Crippen molar-refractivity contribution in [2.45, 2.75) is 11.7 Å². The monoisotopic (exact) mass is 298 g/mol. The summed E-state index contributed by atoms with van der Waals surface area (Å²) in [7, 11) is 0. The SMILES string of the molecule is NC(=NCC1SCCc2ccccc21)Nc1ccccn1. The number of fused-ring (bicyclic) bond motifs is 1. The van der Waals surface area contributed by atoms with Crippen molar-refractivity contribution in [3.05, 3.63) is 59.8 Å². The van der Waals surface area contributed by atoms with Crippen LogP contribution < -0.4 is 11.1 Å². The Morgan fingerprint density at radius 1 is 1.29 bits per heavy atom. The maximum absolute atomic E-state index is 5.93. The molecule has 1 aromatic heterocycles. The van der Waals surface area contributed by atoms with Crippen molar-refractivity contribution >= 4 is 23.5 Å². The molecule has 21 heavy (non-hydrogen) atoms. The molecule has 0 spiro atoms. The van der Waals surface area contributed by atoms with Gasteiger partial charge < -0.3 is 11.1 Å². The highest BCUT2D eigenvalue weighted by Crippen LogP contribution is 2.36. The highest BCUT2D eigenvalue weighted by atomic mass is 32.2. The minimum absolute atomic E-state index is 0.388. The first-order chi connectivity index (χ1) is 10.3. The predicted molar refractivity (Wildman–Crippen MR) is 89.7 cm³/mol. The molecule has 4 nitrogen and oxygen atoms in total. The maximum Gasteiger partial charge on any atom is 0.194 e. The lowest BCUT2D eigenvalue weighted by Gasteiger charge is -2.23. The molecular weight excluding hydrogens is 280 g/mol. The van der Waals surface area contributed by atoms with Gasteiger partial charge in [0.25, 0.3) is 0 Å². The van der Waals surface area contributed by atoms with Gasteiger partial charge in [0, 0.05) is 11.4 Å². The molecule has 1 aliphatic rings. The van der Waals surface area contributed by atoms with Gasteiger partial charge in [-0.1, -0.05) is 30.3 Å². The Bertz CT molecular complexity index is 627. The number of guanidine groups is 1. The Hall–Kier alpha value is -2.01. The number of aryl methyl sites for hydroxylation is 1. The number of nitrogens with two attached hydrogens (primary N) is 1. The predicted octanol–water partition coefficient (Wildman–Crippen LogP) is 2.84. The zero-order chi connectivity index (χ0) is 14.5. The van der Waals surface area contributed by atoms with Gasteiger partial charge in [-0.05, 0) is 35.4 Å². The fraction of sp³-hybridized carbons (Fsp3) is 0.250. The molecule has 0 fully saturated rings. The molecule has 3 rings (SSSR count). The molecule has 5 heteroatoms. The van der Waals surface area contributed by atoms with Crippen LogP contribution in [0.3, 0.4) is 0 Å². The Labute approximate surface area is 128 Å². The van der Waals surface area contributed by atoms with Crippen LogP contribution >= 0.6 is 11.8 Å². The number of nitrogens with one attached hydrogen (secondary N) is 1. The molecule has 0 saturated carbocycles. The zero-order valence-corrected chi connectivity index (χ0v) is 12.5. The van der Waals surface area contributed by atoms with Crippen molar-refractivity contribution in [1.29, 1.82) is 0 Å². The lowest BCUT2D eigenvalue weighted by molar-refractivity contribution is 0.893. The second kappa shape index (κ2) is 6.63. The summed E-state index contributed by atoms with van der Waals surface area (Å²) < 4.78 is 0. The summed E-state index contributed by atoms with van der Waals surface area (Å²) in [6.07, 6.45) is 2.87. The van der Waals surface area contributed by atoms with Gasteiger partial charge in [-0.25, -0.2) is 4.98 Å². The highest BCUT2D eigenvalue weighted by molar-refractivity contribution is 7.99. The standard InChI is InChI=1S/C16H18N4S/c17-16(20-15-7-3-4-9-18-15)19-11-14-13-6-2-1-5-12(13)8-10-21-14/h1-7,9,14H,8,10-11H2,(H3,17,18,19,20). The quantitative estimate of drug-likeness (QED) is 0.675. The molecule has 1 aliphatic heterocycles. The number of thioether (sulfide) groups is 1. The Morgan fingerprint density at radius 3 is 3.00 bits per heavy atom. The molecule has 3 N–H and O–H groups in total. The van der Waals surface area contributed by atoms with Crippen LogP contribution in [0.15, 0.2) is 53.7 Å². The Morgan fingerprint density at radius 2 is 2.14 bits per heavy atom. The molecule has 108 valence electrons. The van der Waals surface area contributed by atoms with Gasteiger partial charge in [0.05, 0.1) is 6.54 Å². The van der Waals surface area contributed by atoms with Gasteiger partial charge in [-0.3, -0.25) is 4.99 Å². The van der Waals surface area contributed by atoms with Gasteiger partial charge in [-0.15, -0.1) is 0 Å². The van der Waals surface area contributed by atoms with Gasteiger partial charge in [-0.2, -0.15) is 11.8 Å². The smallest absolute Gasteiger partial charge is 0.194 e. The van der Waals surface area contributed by atoms with E-state index in [1.165, 1.54) is 11.1 Å². The summed E-state index contributed by atoms with van der Waals surface area (Å²) >= 11 is 1.95. The summed E-state index contributed by atoms with van der Waals surface area (Å²) in [5.74, 6) is 2.28. The van der Waals surface area contributed by atoms with Crippen molar-refractivity contribution < 1.29 is 0 Å². The topological polar surface area (TPSA) is 63.3 Å². The van der Waals surface area contributed by atoms with Gasteiger partial charge in [0.15, 0.2) is 5.96 Å². The van der Waals surface area contributed by atoms with E-state index < -0.39 is 0 Å². The van der Waals surface area contributed by atoms with Crippen LogP contribution in [-0.4, -0.2) is 23.2 Å². The molecule has 2 heterocycles. The van der Waals surface area contributed by atoms with E-state index in [2.05, 4.69) is 39.6 Å². The Kier molecular flexibility index (Phi) is 4.40. The number of hydrogen-bond donors (Lipinski definition) is 2. The molecular formula is C16H18N4S. The molecule has 1 atom stereocenters. The van der Waals surface area contributed by atoms with E-state index in [9.17, 15) is 0 Å². The normalized spacial score (nSPS) is 18.1. The van der Waals surface area contributed by atoms with Gasteiger partial charge in [0.2, 0.25) is 0 Å². The molecule has 0 radical (unpaired) electrons. The third kappa shape index (κ3) is 3.55. The van der Waals surface area contributed by atoms with Crippen LogP contribution in [0.1, 0.15) is 16.4 Å². The first-order valence-electron chi connectivity index (χ1n) is 7.00. The number of anilines is 1. The van der Waals surface area contributed by atoms with Crippen molar-refractivity contribution in [1.82, 2.24) is 4.98 Å². The molecule has 1 aromatic carbocycles. The van der Waals surface area contributed by atoms with Crippen molar-refractivity contribution in [2.75, 3.05) is 17.6 Å². The molecule has 0 amide bonds. The molecule has 0 aliphatic carbocycles. The lowest BCUT2D eigenvalue weighted by atomic mass is 10.0. The first kappa shape index (κ1) is 13.9. The fourth-order valence-corrected chi connectivity index (χ4v) is 3.63. The van der Waals surface area contributed by atoms with E-state index in [1.54, 1.807) is 6.20 Å². The molecule has 0 saturated heterocycles. The van der Waals surface area contributed by atoms with Crippen LogP contribution in [0.2, 0.25) is 0 Å². The summed E-state index contributed by atoms with van der Waals surface area (Å²) in [6.45, 7) is 0.688. The van der Waals surface area contributed by atoms with Crippen molar-refractivity contribution in [2.24, 2.45) is 10.7 Å². The number of aliphatic imine (C=N–C) groups is 1. The van der Waals surface area contributed by atoms with E-state index in [0.717, 1.165) is 18.0 Å². The third-order valence-corrected chi connectivity index (χ3v) is 4.69. The van der Waals surface area contributed by atoms with E-state index in [1.807, 2.05) is 30.0 Å². The average molecular weight is 298 g/mol. The molecule has 1 unspecified atom stereocenters. The number of nitrogens with zero attached hydrogens (tertiary/aromatic N) is 2. The number of aromatic nitrogens is 1. The van der Waals surface area contributed by atoms with E-state index in [0.29, 0.717) is 17.8 Å². The third-order valence-electron chi connectivity index (χ3n) is 3.44. The average Bonchev–Trinajstić information content (AvgIpc) is 2.54.